The summed E-state index contributed by atoms with van der Waals surface area (Å²) < 4.78 is 12.7. The van der Waals surface area contributed by atoms with Crippen molar-refractivity contribution in [2.24, 2.45) is 5.92 Å². The molecular formula is C25H34O2. The van der Waals surface area contributed by atoms with Crippen LogP contribution in [-0.4, -0.2) is 5.60 Å². The summed E-state index contributed by atoms with van der Waals surface area (Å²) in [6, 6.07) is 14.8. The van der Waals surface area contributed by atoms with Crippen molar-refractivity contribution in [2.45, 2.75) is 78.4 Å². The first kappa shape index (κ1) is 19.8. The molecule has 1 atom stereocenters. The summed E-state index contributed by atoms with van der Waals surface area (Å²) in [7, 11) is 0. The quantitative estimate of drug-likeness (QED) is 0.588. The van der Waals surface area contributed by atoms with E-state index in [1.807, 2.05) is 6.07 Å². The van der Waals surface area contributed by atoms with Crippen molar-refractivity contribution in [2.75, 3.05) is 0 Å². The zero-order chi connectivity index (χ0) is 19.8. The smallest absolute Gasteiger partial charge is 0.127 e. The monoisotopic (exact) mass is 366 g/mol. The lowest BCUT2D eigenvalue weighted by atomic mass is 9.75. The van der Waals surface area contributed by atoms with Gasteiger partial charge in [-0.2, -0.15) is 0 Å². The van der Waals surface area contributed by atoms with Crippen LogP contribution in [0.4, 0.5) is 0 Å². The van der Waals surface area contributed by atoms with Crippen LogP contribution in [0.25, 0.3) is 0 Å². The number of hydrogen-bond donors (Lipinski definition) is 0. The molecule has 2 aromatic rings. The minimum atomic E-state index is -0.151. The van der Waals surface area contributed by atoms with Crippen molar-refractivity contribution in [3.63, 3.8) is 0 Å². The van der Waals surface area contributed by atoms with Crippen molar-refractivity contribution >= 4 is 0 Å². The Labute approximate surface area is 164 Å². The molecule has 146 valence electrons. The maximum atomic E-state index is 6.38. The number of ether oxygens (including phenoxy) is 2. The highest BCUT2D eigenvalue weighted by Gasteiger charge is 2.37. The minimum Gasteiger partial charge on any atom is -0.488 e. The SMILES string of the molecule is CC(C)C1CC(C)(C)Oc2cc(OCc3ccccc3)c(C(C)(C)C)cc21. The second-order valence-corrected chi connectivity index (χ2v) is 9.83. The van der Waals surface area contributed by atoms with Crippen LogP contribution in [-0.2, 0) is 12.0 Å². The second-order valence-electron chi connectivity index (χ2n) is 9.83. The zero-order valence-electron chi connectivity index (χ0n) is 17.9. The molecule has 0 saturated heterocycles. The van der Waals surface area contributed by atoms with E-state index in [0.29, 0.717) is 18.4 Å². The van der Waals surface area contributed by atoms with Gasteiger partial charge in [-0.15, -0.1) is 0 Å². The fourth-order valence-corrected chi connectivity index (χ4v) is 3.97. The fourth-order valence-electron chi connectivity index (χ4n) is 3.97. The van der Waals surface area contributed by atoms with E-state index < -0.39 is 0 Å². The Bertz CT molecular complexity index is 782. The van der Waals surface area contributed by atoms with E-state index >= 15 is 0 Å². The van der Waals surface area contributed by atoms with Crippen LogP contribution in [0.2, 0.25) is 0 Å². The largest absolute Gasteiger partial charge is 0.488 e. The Kier molecular flexibility index (Phi) is 5.29. The number of hydrogen-bond acceptors (Lipinski definition) is 2. The number of fused-ring (bicyclic) bond motifs is 1. The van der Waals surface area contributed by atoms with Gasteiger partial charge in [0.15, 0.2) is 0 Å². The maximum Gasteiger partial charge on any atom is 0.127 e. The van der Waals surface area contributed by atoms with E-state index in [-0.39, 0.29) is 11.0 Å². The summed E-state index contributed by atoms with van der Waals surface area (Å²) in [5.74, 6) is 3.01. The summed E-state index contributed by atoms with van der Waals surface area (Å²) >= 11 is 0. The van der Waals surface area contributed by atoms with Gasteiger partial charge in [-0.05, 0) is 54.7 Å². The number of benzene rings is 2. The third-order valence-electron chi connectivity index (χ3n) is 5.46. The van der Waals surface area contributed by atoms with Crippen molar-refractivity contribution in [3.05, 3.63) is 59.2 Å². The molecule has 1 heterocycles. The van der Waals surface area contributed by atoms with Gasteiger partial charge in [0.25, 0.3) is 0 Å². The Morgan fingerprint density at radius 3 is 2.37 bits per heavy atom. The zero-order valence-corrected chi connectivity index (χ0v) is 17.9. The van der Waals surface area contributed by atoms with Gasteiger partial charge in [0.2, 0.25) is 0 Å². The second kappa shape index (κ2) is 7.22. The standard InChI is InChI=1S/C25H34O2/c1-17(2)20-15-25(6,7)27-22-14-23(21(13-19(20)22)24(3,4)5)26-16-18-11-9-8-10-12-18/h8-14,17,20H,15-16H2,1-7H3. The average Bonchev–Trinajstić information content (AvgIpc) is 2.57. The van der Waals surface area contributed by atoms with Gasteiger partial charge in [-0.25, -0.2) is 0 Å². The maximum absolute atomic E-state index is 6.38. The van der Waals surface area contributed by atoms with Gasteiger partial charge in [-0.1, -0.05) is 65.0 Å². The molecule has 2 heteroatoms. The minimum absolute atomic E-state index is 0.00947. The molecule has 0 spiro atoms. The molecule has 0 radical (unpaired) electrons. The average molecular weight is 367 g/mol. The highest BCUT2D eigenvalue weighted by atomic mass is 16.5. The molecule has 0 N–H and O–H groups in total. The topological polar surface area (TPSA) is 18.5 Å². The molecule has 0 amide bonds. The summed E-state index contributed by atoms with van der Waals surface area (Å²) in [5.41, 5.74) is 3.63. The van der Waals surface area contributed by atoms with Crippen molar-refractivity contribution < 1.29 is 9.47 Å². The molecule has 1 aliphatic heterocycles. The van der Waals surface area contributed by atoms with Gasteiger partial charge < -0.3 is 9.47 Å². The van der Waals surface area contributed by atoms with Crippen LogP contribution >= 0.6 is 0 Å². The van der Waals surface area contributed by atoms with E-state index in [4.69, 9.17) is 9.47 Å². The Morgan fingerprint density at radius 1 is 1.11 bits per heavy atom. The highest BCUT2D eigenvalue weighted by molar-refractivity contribution is 5.52. The van der Waals surface area contributed by atoms with Crippen LogP contribution in [0, 0.1) is 5.92 Å². The lowest BCUT2D eigenvalue weighted by Gasteiger charge is -2.40. The first-order valence-electron chi connectivity index (χ1n) is 10.1. The highest BCUT2D eigenvalue weighted by Crippen LogP contribution is 2.48. The molecule has 2 aromatic carbocycles. The number of rotatable bonds is 4. The van der Waals surface area contributed by atoms with Gasteiger partial charge in [0, 0.05) is 11.6 Å². The lowest BCUT2D eigenvalue weighted by Crippen LogP contribution is -2.36. The van der Waals surface area contributed by atoms with E-state index in [9.17, 15) is 0 Å². The van der Waals surface area contributed by atoms with Crippen LogP contribution in [0.5, 0.6) is 11.5 Å². The molecular weight excluding hydrogens is 332 g/mol. The Balaban J connectivity index is 2.02. The molecule has 27 heavy (non-hydrogen) atoms. The third kappa shape index (κ3) is 4.48. The lowest BCUT2D eigenvalue weighted by molar-refractivity contribution is 0.0634. The van der Waals surface area contributed by atoms with E-state index in [2.05, 4.69) is 84.9 Å². The van der Waals surface area contributed by atoms with E-state index in [0.717, 1.165) is 17.9 Å². The molecule has 1 aliphatic rings. The van der Waals surface area contributed by atoms with Crippen LogP contribution in [0.15, 0.2) is 42.5 Å². The van der Waals surface area contributed by atoms with Crippen LogP contribution in [0.3, 0.4) is 0 Å². The summed E-state index contributed by atoms with van der Waals surface area (Å²) in [4.78, 5) is 0. The fraction of sp³-hybridized carbons (Fsp3) is 0.520. The first-order chi connectivity index (χ1) is 12.6. The van der Waals surface area contributed by atoms with Crippen LogP contribution < -0.4 is 9.47 Å². The van der Waals surface area contributed by atoms with Gasteiger partial charge >= 0.3 is 0 Å². The first-order valence-corrected chi connectivity index (χ1v) is 10.1. The van der Waals surface area contributed by atoms with E-state index in [1.54, 1.807) is 0 Å². The summed E-state index contributed by atoms with van der Waals surface area (Å²) in [6.45, 7) is 16.3. The van der Waals surface area contributed by atoms with E-state index in [1.165, 1.54) is 16.7 Å². The van der Waals surface area contributed by atoms with Crippen LogP contribution in [0.1, 0.15) is 77.5 Å². The summed E-state index contributed by atoms with van der Waals surface area (Å²) in [5, 5.41) is 0. The van der Waals surface area contributed by atoms with Crippen molar-refractivity contribution in [1.82, 2.24) is 0 Å². The molecule has 1 unspecified atom stereocenters. The molecule has 0 aromatic heterocycles. The molecule has 0 bridgehead atoms. The molecule has 0 fully saturated rings. The van der Waals surface area contributed by atoms with Gasteiger partial charge in [-0.3, -0.25) is 0 Å². The molecule has 2 nitrogen and oxygen atoms in total. The Hall–Kier alpha value is -1.96. The Morgan fingerprint density at radius 2 is 1.78 bits per heavy atom. The molecule has 3 rings (SSSR count). The van der Waals surface area contributed by atoms with Gasteiger partial charge in [0.1, 0.15) is 23.7 Å². The van der Waals surface area contributed by atoms with Crippen molar-refractivity contribution in [1.29, 1.82) is 0 Å². The van der Waals surface area contributed by atoms with Crippen molar-refractivity contribution in [3.8, 4) is 11.5 Å². The predicted molar refractivity (Wildman–Crippen MR) is 113 cm³/mol. The molecule has 0 aliphatic carbocycles. The predicted octanol–water partition coefficient (Wildman–Crippen LogP) is 6.86. The normalized spacial score (nSPS) is 18.7. The third-order valence-corrected chi connectivity index (χ3v) is 5.46. The summed E-state index contributed by atoms with van der Waals surface area (Å²) in [6.07, 6.45) is 1.05. The van der Waals surface area contributed by atoms with Gasteiger partial charge in [0.05, 0.1) is 0 Å². The molecule has 0 saturated carbocycles.